The number of hydrogen-bond acceptors (Lipinski definition) is 3. The van der Waals surface area contributed by atoms with Crippen molar-refractivity contribution in [2.45, 2.75) is 51.1 Å². The van der Waals surface area contributed by atoms with Crippen molar-refractivity contribution in [3.63, 3.8) is 0 Å². The predicted molar refractivity (Wildman–Crippen MR) is 71.5 cm³/mol. The van der Waals surface area contributed by atoms with Gasteiger partial charge in [-0.15, -0.1) is 12.4 Å². The van der Waals surface area contributed by atoms with Crippen molar-refractivity contribution in [3.05, 3.63) is 0 Å². The summed E-state index contributed by atoms with van der Waals surface area (Å²) in [6.45, 7) is 1.69. The van der Waals surface area contributed by atoms with Crippen molar-refractivity contribution in [2.24, 2.45) is 23.7 Å². The Hall–Kier alpha value is -0.320. The van der Waals surface area contributed by atoms with Gasteiger partial charge in [0.1, 0.15) is 6.04 Å². The lowest BCUT2D eigenvalue weighted by molar-refractivity contribution is -0.139. The number of nitrogens with one attached hydrogen (secondary N) is 2. The second-order valence-electron chi connectivity index (χ2n) is 6.31. The van der Waals surface area contributed by atoms with Gasteiger partial charge < -0.3 is 5.11 Å². The molecule has 4 bridgehead atoms. The van der Waals surface area contributed by atoms with Gasteiger partial charge in [0.05, 0.1) is 0 Å². The maximum Gasteiger partial charge on any atom is 0.321 e. The molecule has 104 valence electrons. The Balaban J connectivity index is 0.00000120. The lowest BCUT2D eigenvalue weighted by atomic mass is 9.54. The van der Waals surface area contributed by atoms with Crippen LogP contribution in [0.25, 0.3) is 0 Å². The lowest BCUT2D eigenvalue weighted by Gasteiger charge is -2.54. The molecule has 0 amide bonds. The highest BCUT2D eigenvalue weighted by molar-refractivity contribution is 5.85. The first-order chi connectivity index (χ1) is 8.13. The van der Waals surface area contributed by atoms with Crippen LogP contribution in [-0.2, 0) is 4.79 Å². The molecule has 0 aliphatic heterocycles. The summed E-state index contributed by atoms with van der Waals surface area (Å²) in [5.74, 6) is 2.70. The molecule has 0 aromatic heterocycles. The number of hydrogen-bond donors (Lipinski definition) is 3. The summed E-state index contributed by atoms with van der Waals surface area (Å²) in [4.78, 5) is 10.8. The van der Waals surface area contributed by atoms with Crippen molar-refractivity contribution >= 4 is 18.4 Å². The minimum Gasteiger partial charge on any atom is -0.480 e. The predicted octanol–water partition coefficient (Wildman–Crippen LogP) is 1.80. The van der Waals surface area contributed by atoms with E-state index in [0.717, 1.165) is 23.7 Å². The minimum atomic E-state index is -0.790. The van der Waals surface area contributed by atoms with Crippen LogP contribution in [0.15, 0.2) is 0 Å². The first-order valence-corrected chi connectivity index (χ1v) is 6.87. The fourth-order valence-electron chi connectivity index (χ4n) is 4.44. The summed E-state index contributed by atoms with van der Waals surface area (Å²) in [5, 5.41) is 8.86. The average molecular weight is 275 g/mol. The van der Waals surface area contributed by atoms with Crippen LogP contribution in [0.3, 0.4) is 0 Å². The highest BCUT2D eigenvalue weighted by Gasteiger charge is 2.48. The zero-order valence-electron chi connectivity index (χ0n) is 10.8. The Morgan fingerprint density at radius 3 is 2.06 bits per heavy atom. The molecular formula is C13H23ClN2O2. The molecule has 4 saturated carbocycles. The van der Waals surface area contributed by atoms with Gasteiger partial charge in [-0.3, -0.25) is 10.2 Å². The highest BCUT2D eigenvalue weighted by atomic mass is 35.5. The number of hydrazine groups is 1. The second-order valence-corrected chi connectivity index (χ2v) is 6.31. The first kappa shape index (κ1) is 14.1. The lowest BCUT2D eigenvalue weighted by Crippen LogP contribution is -2.59. The van der Waals surface area contributed by atoms with E-state index in [9.17, 15) is 4.79 Å². The Labute approximate surface area is 114 Å². The molecule has 4 aliphatic carbocycles. The van der Waals surface area contributed by atoms with E-state index in [1.54, 1.807) is 6.92 Å². The molecule has 4 fully saturated rings. The number of carbonyl (C=O) groups is 1. The van der Waals surface area contributed by atoms with Crippen molar-refractivity contribution in [3.8, 4) is 0 Å². The molecule has 4 rings (SSSR count). The standard InChI is InChI=1S/C13H22N2O2.ClH/c1-7(13(16)17)14-15-12-10-3-8-2-9(5-10)6-11(12)4-8;/h7-12,14-15H,2-6H2,1H3,(H,16,17);1H. The number of aliphatic carboxylic acids is 1. The first-order valence-electron chi connectivity index (χ1n) is 6.87. The molecule has 0 heterocycles. The quantitative estimate of drug-likeness (QED) is 0.684. The van der Waals surface area contributed by atoms with Gasteiger partial charge in [0, 0.05) is 6.04 Å². The van der Waals surface area contributed by atoms with E-state index in [0.29, 0.717) is 6.04 Å². The average Bonchev–Trinajstić information content (AvgIpc) is 2.26. The Bertz CT molecular complexity index is 296. The molecule has 3 N–H and O–H groups in total. The van der Waals surface area contributed by atoms with Crippen LogP contribution in [0.2, 0.25) is 0 Å². The topological polar surface area (TPSA) is 61.4 Å². The van der Waals surface area contributed by atoms with Gasteiger partial charge >= 0.3 is 5.97 Å². The summed E-state index contributed by atoms with van der Waals surface area (Å²) in [6, 6.07) is -0.00297. The van der Waals surface area contributed by atoms with Crippen LogP contribution in [0.5, 0.6) is 0 Å². The van der Waals surface area contributed by atoms with Gasteiger partial charge in [-0.05, 0) is 62.7 Å². The van der Waals surface area contributed by atoms with Crippen LogP contribution < -0.4 is 10.9 Å². The minimum absolute atomic E-state index is 0. The normalized spacial score (nSPS) is 42.4. The van der Waals surface area contributed by atoms with Crippen LogP contribution in [0, 0.1) is 23.7 Å². The molecule has 4 nitrogen and oxygen atoms in total. The van der Waals surface area contributed by atoms with Gasteiger partial charge in [0.25, 0.3) is 0 Å². The SMILES string of the molecule is CC(NNC1C2CC3CC(C2)CC1C3)C(=O)O.Cl. The molecule has 4 aliphatic rings. The molecular weight excluding hydrogens is 252 g/mol. The third-order valence-electron chi connectivity index (χ3n) is 5.06. The third-order valence-corrected chi connectivity index (χ3v) is 5.06. The van der Waals surface area contributed by atoms with E-state index in [-0.39, 0.29) is 12.4 Å². The number of carboxylic acid groups (broad SMARTS) is 1. The third kappa shape index (κ3) is 2.51. The van der Waals surface area contributed by atoms with Crippen molar-refractivity contribution < 1.29 is 9.90 Å². The van der Waals surface area contributed by atoms with E-state index in [1.165, 1.54) is 32.1 Å². The van der Waals surface area contributed by atoms with E-state index in [2.05, 4.69) is 10.9 Å². The molecule has 0 saturated heterocycles. The summed E-state index contributed by atoms with van der Waals surface area (Å²) >= 11 is 0. The monoisotopic (exact) mass is 274 g/mol. The summed E-state index contributed by atoms with van der Waals surface area (Å²) in [6.07, 6.45) is 6.88. The smallest absolute Gasteiger partial charge is 0.321 e. The van der Waals surface area contributed by atoms with Gasteiger partial charge in [0.2, 0.25) is 0 Å². The number of halogens is 1. The maximum absolute atomic E-state index is 10.8. The molecule has 0 spiro atoms. The highest BCUT2D eigenvalue weighted by Crippen LogP contribution is 2.53. The van der Waals surface area contributed by atoms with Crippen LogP contribution >= 0.6 is 12.4 Å². The Kier molecular flexibility index (Phi) is 4.19. The molecule has 5 heteroatoms. The van der Waals surface area contributed by atoms with Crippen molar-refractivity contribution in [1.82, 2.24) is 10.9 Å². The molecule has 0 aromatic carbocycles. The molecule has 1 unspecified atom stereocenters. The maximum atomic E-state index is 10.8. The van der Waals surface area contributed by atoms with Gasteiger partial charge in [0.15, 0.2) is 0 Å². The van der Waals surface area contributed by atoms with Crippen LogP contribution in [0.4, 0.5) is 0 Å². The Morgan fingerprint density at radius 2 is 1.61 bits per heavy atom. The number of carboxylic acids is 1. The number of rotatable bonds is 4. The van der Waals surface area contributed by atoms with Gasteiger partial charge in [-0.2, -0.15) is 0 Å². The van der Waals surface area contributed by atoms with E-state index < -0.39 is 12.0 Å². The van der Waals surface area contributed by atoms with Gasteiger partial charge in [-0.25, -0.2) is 5.43 Å². The summed E-state index contributed by atoms with van der Waals surface area (Å²) in [5.41, 5.74) is 6.28. The fourth-order valence-corrected chi connectivity index (χ4v) is 4.44. The largest absolute Gasteiger partial charge is 0.480 e. The summed E-state index contributed by atoms with van der Waals surface area (Å²) in [7, 11) is 0. The van der Waals surface area contributed by atoms with E-state index in [4.69, 9.17) is 5.11 Å². The van der Waals surface area contributed by atoms with Crippen LogP contribution in [-0.4, -0.2) is 23.2 Å². The molecule has 18 heavy (non-hydrogen) atoms. The molecule has 0 aromatic rings. The zero-order valence-corrected chi connectivity index (χ0v) is 11.6. The van der Waals surface area contributed by atoms with E-state index in [1.807, 2.05) is 0 Å². The molecule has 1 atom stereocenters. The summed E-state index contributed by atoms with van der Waals surface area (Å²) < 4.78 is 0. The van der Waals surface area contributed by atoms with Crippen molar-refractivity contribution in [1.29, 1.82) is 0 Å². The van der Waals surface area contributed by atoms with E-state index >= 15 is 0 Å². The fraction of sp³-hybridized carbons (Fsp3) is 0.923. The van der Waals surface area contributed by atoms with Gasteiger partial charge in [-0.1, -0.05) is 0 Å². The van der Waals surface area contributed by atoms with Crippen LogP contribution in [0.1, 0.15) is 39.0 Å². The van der Waals surface area contributed by atoms with Crippen molar-refractivity contribution in [2.75, 3.05) is 0 Å². The molecule has 0 radical (unpaired) electrons. The zero-order chi connectivity index (χ0) is 12.0. The Morgan fingerprint density at radius 1 is 1.11 bits per heavy atom. The second kappa shape index (κ2) is 5.35.